The Bertz CT molecular complexity index is 600. The Morgan fingerprint density at radius 1 is 1.20 bits per heavy atom. The number of urea groups is 1. The quantitative estimate of drug-likeness (QED) is 0.812. The third-order valence-corrected chi connectivity index (χ3v) is 4.23. The molecule has 0 radical (unpaired) electrons. The maximum Gasteiger partial charge on any atom is 0.315 e. The van der Waals surface area contributed by atoms with Crippen LogP contribution in [0.1, 0.15) is 31.9 Å². The second-order valence-electron chi connectivity index (χ2n) is 6.05. The van der Waals surface area contributed by atoms with Crippen LogP contribution in [0.15, 0.2) is 24.5 Å². The van der Waals surface area contributed by atoms with Crippen LogP contribution >= 0.6 is 0 Å². The first kappa shape index (κ1) is 18.7. The minimum atomic E-state index is -0.314. The number of pyridine rings is 1. The third-order valence-electron chi connectivity index (χ3n) is 4.23. The zero-order chi connectivity index (χ0) is 18.2. The lowest BCUT2D eigenvalue weighted by Crippen LogP contribution is -2.50. The summed E-state index contributed by atoms with van der Waals surface area (Å²) in [4.78, 5) is 42.8. The van der Waals surface area contributed by atoms with Gasteiger partial charge in [0.2, 0.25) is 11.8 Å². The predicted molar refractivity (Wildman–Crippen MR) is 92.6 cm³/mol. The number of hydrogen-bond donors (Lipinski definition) is 2. The first-order chi connectivity index (χ1) is 12.0. The van der Waals surface area contributed by atoms with Crippen molar-refractivity contribution in [2.75, 3.05) is 32.7 Å². The van der Waals surface area contributed by atoms with E-state index in [1.54, 1.807) is 22.2 Å². The van der Waals surface area contributed by atoms with Gasteiger partial charge in [-0.05, 0) is 18.6 Å². The highest BCUT2D eigenvalue weighted by molar-refractivity contribution is 5.79. The molecular formula is C17H25N5O3. The molecule has 0 aromatic carbocycles. The lowest BCUT2D eigenvalue weighted by molar-refractivity contribution is -0.138. The summed E-state index contributed by atoms with van der Waals surface area (Å²) in [6.07, 6.45) is 3.63. The zero-order valence-electron chi connectivity index (χ0n) is 14.7. The molecule has 2 rings (SSSR count). The van der Waals surface area contributed by atoms with Crippen LogP contribution in [-0.4, -0.2) is 65.4 Å². The summed E-state index contributed by atoms with van der Waals surface area (Å²) in [6, 6.07) is 3.23. The van der Waals surface area contributed by atoms with Gasteiger partial charge in [0.1, 0.15) is 0 Å². The largest absolute Gasteiger partial charge is 0.339 e. The van der Waals surface area contributed by atoms with Crippen molar-refractivity contribution in [3.63, 3.8) is 0 Å². The van der Waals surface area contributed by atoms with Gasteiger partial charge in [-0.1, -0.05) is 6.07 Å². The van der Waals surface area contributed by atoms with Crippen LogP contribution in [-0.2, 0) is 9.59 Å². The van der Waals surface area contributed by atoms with Crippen LogP contribution in [0, 0.1) is 0 Å². The van der Waals surface area contributed by atoms with E-state index in [-0.39, 0.29) is 36.9 Å². The summed E-state index contributed by atoms with van der Waals surface area (Å²) in [7, 11) is 0. The molecule has 25 heavy (non-hydrogen) atoms. The van der Waals surface area contributed by atoms with Crippen LogP contribution in [0.5, 0.6) is 0 Å². The number of carbonyl (C=O) groups is 3. The van der Waals surface area contributed by atoms with Gasteiger partial charge in [-0.15, -0.1) is 0 Å². The molecule has 0 unspecified atom stereocenters. The van der Waals surface area contributed by atoms with E-state index in [4.69, 9.17) is 0 Å². The van der Waals surface area contributed by atoms with E-state index < -0.39 is 0 Å². The van der Waals surface area contributed by atoms with Gasteiger partial charge >= 0.3 is 6.03 Å². The minimum absolute atomic E-state index is 0.0104. The normalized spacial score (nSPS) is 15.4. The Morgan fingerprint density at radius 2 is 1.88 bits per heavy atom. The summed E-state index contributed by atoms with van der Waals surface area (Å²) in [6.45, 7) is 5.90. The molecule has 0 aliphatic carbocycles. The Hall–Kier alpha value is -2.64. The van der Waals surface area contributed by atoms with Crippen molar-refractivity contribution in [1.29, 1.82) is 0 Å². The molecule has 1 aliphatic rings. The van der Waals surface area contributed by atoms with E-state index in [2.05, 4.69) is 15.6 Å². The Morgan fingerprint density at radius 3 is 2.48 bits per heavy atom. The fraction of sp³-hybridized carbons (Fsp3) is 0.529. The highest BCUT2D eigenvalue weighted by Crippen LogP contribution is 2.09. The van der Waals surface area contributed by atoms with Crippen molar-refractivity contribution in [3.8, 4) is 0 Å². The zero-order valence-corrected chi connectivity index (χ0v) is 14.7. The number of nitrogens with zero attached hydrogens (tertiary/aromatic N) is 3. The predicted octanol–water partition coefficient (Wildman–Crippen LogP) is 0.523. The van der Waals surface area contributed by atoms with Crippen molar-refractivity contribution < 1.29 is 14.4 Å². The van der Waals surface area contributed by atoms with Gasteiger partial charge in [0.05, 0.1) is 6.04 Å². The van der Waals surface area contributed by atoms with Crippen LogP contribution in [0.2, 0.25) is 0 Å². The molecule has 1 atom stereocenters. The molecule has 1 fully saturated rings. The average molecular weight is 347 g/mol. The number of rotatable bonds is 5. The fourth-order valence-corrected chi connectivity index (χ4v) is 2.67. The fourth-order valence-electron chi connectivity index (χ4n) is 2.67. The van der Waals surface area contributed by atoms with Gasteiger partial charge in [0.15, 0.2) is 0 Å². The molecule has 8 nitrogen and oxygen atoms in total. The first-order valence-corrected chi connectivity index (χ1v) is 8.45. The summed E-state index contributed by atoms with van der Waals surface area (Å²) >= 11 is 0. The molecule has 0 spiro atoms. The van der Waals surface area contributed by atoms with Crippen LogP contribution in [0.3, 0.4) is 0 Å². The van der Waals surface area contributed by atoms with Crippen molar-refractivity contribution in [3.05, 3.63) is 30.1 Å². The lowest BCUT2D eigenvalue weighted by Gasteiger charge is -2.34. The summed E-state index contributed by atoms with van der Waals surface area (Å²) in [5, 5.41) is 5.51. The summed E-state index contributed by atoms with van der Waals surface area (Å²) < 4.78 is 0. The molecule has 1 aromatic heterocycles. The molecule has 1 saturated heterocycles. The molecule has 4 amide bonds. The summed E-state index contributed by atoms with van der Waals surface area (Å²) in [5.74, 6) is 0.0250. The maximum absolute atomic E-state index is 12.1. The number of piperazine rings is 1. The van der Waals surface area contributed by atoms with E-state index in [1.807, 2.05) is 19.1 Å². The molecule has 0 saturated carbocycles. The lowest BCUT2D eigenvalue weighted by atomic mass is 10.1. The Balaban J connectivity index is 1.66. The monoisotopic (exact) mass is 347 g/mol. The maximum atomic E-state index is 12.1. The molecule has 8 heteroatoms. The smallest absolute Gasteiger partial charge is 0.315 e. The third kappa shape index (κ3) is 5.74. The minimum Gasteiger partial charge on any atom is -0.339 e. The molecule has 1 aromatic rings. The van der Waals surface area contributed by atoms with Gasteiger partial charge in [-0.25, -0.2) is 4.79 Å². The van der Waals surface area contributed by atoms with Crippen molar-refractivity contribution in [2.24, 2.45) is 0 Å². The van der Waals surface area contributed by atoms with Crippen molar-refractivity contribution >= 4 is 17.8 Å². The molecule has 0 bridgehead atoms. The molecule has 1 aliphatic heterocycles. The second kappa shape index (κ2) is 9.00. The first-order valence-electron chi connectivity index (χ1n) is 8.45. The Labute approximate surface area is 147 Å². The topological polar surface area (TPSA) is 94.6 Å². The van der Waals surface area contributed by atoms with Crippen LogP contribution < -0.4 is 10.6 Å². The number of amides is 4. The number of carbonyl (C=O) groups excluding carboxylic acids is 3. The van der Waals surface area contributed by atoms with Gasteiger partial charge in [-0.3, -0.25) is 14.6 Å². The van der Waals surface area contributed by atoms with E-state index >= 15 is 0 Å². The van der Waals surface area contributed by atoms with E-state index in [1.165, 1.54) is 6.92 Å². The van der Waals surface area contributed by atoms with Gasteiger partial charge < -0.3 is 20.4 Å². The molecular weight excluding hydrogens is 322 g/mol. The Kier molecular flexibility index (Phi) is 6.73. The molecule has 136 valence electrons. The van der Waals surface area contributed by atoms with E-state index in [0.717, 1.165) is 5.56 Å². The summed E-state index contributed by atoms with van der Waals surface area (Å²) in [5.41, 5.74) is 0.914. The van der Waals surface area contributed by atoms with Crippen molar-refractivity contribution in [1.82, 2.24) is 25.4 Å². The highest BCUT2D eigenvalue weighted by Gasteiger charge is 2.22. The second-order valence-corrected chi connectivity index (χ2v) is 6.05. The number of hydrogen-bond acceptors (Lipinski definition) is 4. The number of aromatic nitrogens is 1. The molecule has 2 N–H and O–H groups in total. The van der Waals surface area contributed by atoms with E-state index in [0.29, 0.717) is 26.2 Å². The van der Waals surface area contributed by atoms with Crippen LogP contribution in [0.25, 0.3) is 0 Å². The number of nitrogens with one attached hydrogen (secondary N) is 2. The standard InChI is InChI=1S/C17H25N5O3/c1-13(15-4-3-6-18-12-15)20-17(25)19-7-5-16(24)22-10-8-21(9-11-22)14(2)23/h3-4,6,12-13H,5,7-11H2,1-2H3,(H2,19,20,25)/t13-/m1/s1. The van der Waals surface area contributed by atoms with Crippen molar-refractivity contribution in [2.45, 2.75) is 26.3 Å². The molecule has 2 heterocycles. The van der Waals surface area contributed by atoms with Gasteiger partial charge in [0, 0.05) is 58.5 Å². The van der Waals surface area contributed by atoms with Gasteiger partial charge in [0.25, 0.3) is 0 Å². The average Bonchev–Trinajstić information content (AvgIpc) is 2.62. The van der Waals surface area contributed by atoms with Crippen LogP contribution in [0.4, 0.5) is 4.79 Å². The highest BCUT2D eigenvalue weighted by atomic mass is 16.2. The van der Waals surface area contributed by atoms with E-state index in [9.17, 15) is 14.4 Å². The SMILES string of the molecule is CC(=O)N1CCN(C(=O)CCNC(=O)N[C@H](C)c2cccnc2)CC1. The van der Waals surface area contributed by atoms with Gasteiger partial charge in [-0.2, -0.15) is 0 Å².